The molecule has 0 spiro atoms. The Labute approximate surface area is 160 Å². The fourth-order valence-corrected chi connectivity index (χ4v) is 4.23. The molecule has 1 aromatic rings. The molecule has 0 heterocycles. The first-order valence-corrected chi connectivity index (χ1v) is 11.2. The van der Waals surface area contributed by atoms with Gasteiger partial charge in [-0.25, -0.2) is 4.39 Å². The monoisotopic (exact) mass is 362 g/mol. The van der Waals surface area contributed by atoms with Crippen LogP contribution in [0.3, 0.4) is 0 Å². The van der Waals surface area contributed by atoms with E-state index in [9.17, 15) is 4.39 Å². The number of rotatable bonds is 12. The van der Waals surface area contributed by atoms with Crippen LogP contribution >= 0.6 is 0 Å². The molecule has 1 saturated carbocycles. The maximum Gasteiger partial charge on any atom is 0.165 e. The summed E-state index contributed by atoms with van der Waals surface area (Å²) in [5.74, 6) is 1.69. The van der Waals surface area contributed by atoms with Crippen LogP contribution in [0.5, 0.6) is 5.75 Å². The van der Waals surface area contributed by atoms with Crippen LogP contribution in [0, 0.1) is 11.7 Å². The standard InChI is InChI=1S/C24H39FO/c1-3-5-7-8-9-10-18-26-24-17-16-22(19-23(24)25)21-14-12-20(13-15-21)11-6-4-2/h16-17,19-21H,3-15,18H2,1-2H3. The second kappa shape index (κ2) is 12.4. The van der Waals surface area contributed by atoms with Gasteiger partial charge < -0.3 is 4.74 Å². The third-order valence-electron chi connectivity index (χ3n) is 6.00. The van der Waals surface area contributed by atoms with Crippen molar-refractivity contribution in [1.82, 2.24) is 0 Å². The summed E-state index contributed by atoms with van der Waals surface area (Å²) in [6, 6.07) is 5.68. The minimum atomic E-state index is -0.179. The zero-order chi connectivity index (χ0) is 18.6. The van der Waals surface area contributed by atoms with Gasteiger partial charge in [0.2, 0.25) is 0 Å². The lowest BCUT2D eigenvalue weighted by Crippen LogP contribution is -2.13. The summed E-state index contributed by atoms with van der Waals surface area (Å²) in [5, 5.41) is 0. The second-order valence-corrected chi connectivity index (χ2v) is 8.17. The molecule has 1 nitrogen and oxygen atoms in total. The SMILES string of the molecule is CCCCCCCCOc1ccc(C2CCC(CCCC)CC2)cc1F. The average Bonchev–Trinajstić information content (AvgIpc) is 2.67. The summed E-state index contributed by atoms with van der Waals surface area (Å²) in [6.45, 7) is 5.13. The summed E-state index contributed by atoms with van der Waals surface area (Å²) in [6.07, 6.45) is 16.4. The molecule has 2 rings (SSSR count). The Morgan fingerprint density at radius 1 is 0.885 bits per heavy atom. The molecular formula is C24H39FO. The van der Waals surface area contributed by atoms with Gasteiger partial charge in [0.1, 0.15) is 0 Å². The van der Waals surface area contributed by atoms with Crippen molar-refractivity contribution in [2.24, 2.45) is 5.92 Å². The van der Waals surface area contributed by atoms with Crippen molar-refractivity contribution in [3.05, 3.63) is 29.6 Å². The van der Waals surface area contributed by atoms with Gasteiger partial charge in [0.05, 0.1) is 6.61 Å². The van der Waals surface area contributed by atoms with Gasteiger partial charge in [0.15, 0.2) is 11.6 Å². The molecule has 1 aliphatic rings. The smallest absolute Gasteiger partial charge is 0.165 e. The molecule has 0 aromatic heterocycles. The van der Waals surface area contributed by atoms with Gasteiger partial charge in [-0.05, 0) is 61.6 Å². The van der Waals surface area contributed by atoms with Gasteiger partial charge in [-0.2, -0.15) is 0 Å². The summed E-state index contributed by atoms with van der Waals surface area (Å²) in [4.78, 5) is 0. The highest BCUT2D eigenvalue weighted by molar-refractivity contribution is 5.31. The molecule has 1 fully saturated rings. The Kier molecular flexibility index (Phi) is 10.1. The number of halogens is 1. The third kappa shape index (κ3) is 7.29. The minimum absolute atomic E-state index is 0.179. The van der Waals surface area contributed by atoms with E-state index in [1.54, 1.807) is 6.07 Å². The molecule has 0 N–H and O–H groups in total. The highest BCUT2D eigenvalue weighted by Gasteiger charge is 2.22. The Bertz CT molecular complexity index is 491. The summed E-state index contributed by atoms with van der Waals surface area (Å²) in [5.41, 5.74) is 1.17. The zero-order valence-corrected chi connectivity index (χ0v) is 17.1. The van der Waals surface area contributed by atoms with Crippen LogP contribution in [0.15, 0.2) is 18.2 Å². The zero-order valence-electron chi connectivity index (χ0n) is 17.1. The van der Waals surface area contributed by atoms with Crippen molar-refractivity contribution in [3.8, 4) is 5.75 Å². The Morgan fingerprint density at radius 3 is 2.27 bits per heavy atom. The molecule has 0 saturated heterocycles. The van der Waals surface area contributed by atoms with Crippen LogP contribution in [0.4, 0.5) is 4.39 Å². The Hall–Kier alpha value is -1.05. The topological polar surface area (TPSA) is 9.23 Å². The van der Waals surface area contributed by atoms with E-state index in [2.05, 4.69) is 19.9 Å². The Balaban J connectivity index is 1.71. The molecule has 0 radical (unpaired) electrons. The van der Waals surface area contributed by atoms with Crippen molar-refractivity contribution >= 4 is 0 Å². The average molecular weight is 363 g/mol. The first-order chi connectivity index (χ1) is 12.7. The van der Waals surface area contributed by atoms with Gasteiger partial charge in [0.25, 0.3) is 0 Å². The van der Waals surface area contributed by atoms with Crippen molar-refractivity contribution < 1.29 is 9.13 Å². The molecule has 1 aliphatic carbocycles. The Morgan fingerprint density at radius 2 is 1.58 bits per heavy atom. The minimum Gasteiger partial charge on any atom is -0.491 e. The van der Waals surface area contributed by atoms with E-state index in [4.69, 9.17) is 4.74 Å². The van der Waals surface area contributed by atoms with Gasteiger partial charge in [-0.15, -0.1) is 0 Å². The highest BCUT2D eigenvalue weighted by atomic mass is 19.1. The molecule has 0 amide bonds. The number of hydrogen-bond acceptors (Lipinski definition) is 1. The van der Waals surface area contributed by atoms with E-state index in [0.717, 1.165) is 12.3 Å². The van der Waals surface area contributed by atoms with Crippen LogP contribution in [-0.2, 0) is 0 Å². The van der Waals surface area contributed by atoms with E-state index < -0.39 is 0 Å². The highest BCUT2D eigenvalue weighted by Crippen LogP contribution is 2.38. The lowest BCUT2D eigenvalue weighted by atomic mass is 9.77. The maximum atomic E-state index is 14.4. The lowest BCUT2D eigenvalue weighted by Gasteiger charge is -2.29. The molecule has 26 heavy (non-hydrogen) atoms. The summed E-state index contributed by atoms with van der Waals surface area (Å²) in [7, 11) is 0. The third-order valence-corrected chi connectivity index (χ3v) is 6.00. The fraction of sp³-hybridized carbons (Fsp3) is 0.750. The summed E-state index contributed by atoms with van der Waals surface area (Å²) >= 11 is 0. The summed E-state index contributed by atoms with van der Waals surface area (Å²) < 4.78 is 20.1. The van der Waals surface area contributed by atoms with Crippen molar-refractivity contribution in [2.75, 3.05) is 6.61 Å². The van der Waals surface area contributed by atoms with Gasteiger partial charge in [-0.1, -0.05) is 71.3 Å². The number of benzene rings is 1. The van der Waals surface area contributed by atoms with Gasteiger partial charge in [0, 0.05) is 0 Å². The van der Waals surface area contributed by atoms with Crippen LogP contribution < -0.4 is 4.74 Å². The van der Waals surface area contributed by atoms with E-state index in [0.29, 0.717) is 18.3 Å². The molecule has 2 heteroatoms. The molecule has 148 valence electrons. The van der Waals surface area contributed by atoms with E-state index >= 15 is 0 Å². The molecule has 1 aromatic carbocycles. The maximum absolute atomic E-state index is 14.4. The number of unbranched alkanes of at least 4 members (excludes halogenated alkanes) is 6. The van der Waals surface area contributed by atoms with E-state index in [-0.39, 0.29) is 5.82 Å². The number of hydrogen-bond donors (Lipinski definition) is 0. The molecule has 0 atom stereocenters. The first-order valence-electron chi connectivity index (χ1n) is 11.2. The van der Waals surface area contributed by atoms with E-state index in [1.807, 2.05) is 6.07 Å². The first kappa shape index (κ1) is 21.3. The van der Waals surface area contributed by atoms with Crippen LogP contribution in [0.25, 0.3) is 0 Å². The van der Waals surface area contributed by atoms with Crippen LogP contribution in [0.1, 0.15) is 109 Å². The molecular weight excluding hydrogens is 323 g/mol. The molecule has 0 aliphatic heterocycles. The second-order valence-electron chi connectivity index (χ2n) is 8.17. The number of ether oxygens (including phenoxy) is 1. The van der Waals surface area contributed by atoms with Crippen molar-refractivity contribution in [2.45, 2.75) is 103 Å². The normalized spacial score (nSPS) is 20.3. The van der Waals surface area contributed by atoms with Crippen molar-refractivity contribution in [3.63, 3.8) is 0 Å². The van der Waals surface area contributed by atoms with Crippen LogP contribution in [-0.4, -0.2) is 6.61 Å². The predicted octanol–water partition coefficient (Wildman–Crippen LogP) is 8.03. The fourth-order valence-electron chi connectivity index (χ4n) is 4.23. The molecule has 0 unspecified atom stereocenters. The van der Waals surface area contributed by atoms with Crippen LogP contribution in [0.2, 0.25) is 0 Å². The van der Waals surface area contributed by atoms with E-state index in [1.165, 1.54) is 82.6 Å². The molecule has 0 bridgehead atoms. The van der Waals surface area contributed by atoms with Gasteiger partial charge >= 0.3 is 0 Å². The van der Waals surface area contributed by atoms with Crippen molar-refractivity contribution in [1.29, 1.82) is 0 Å². The predicted molar refractivity (Wildman–Crippen MR) is 109 cm³/mol. The largest absolute Gasteiger partial charge is 0.491 e. The quantitative estimate of drug-likeness (QED) is 0.342. The lowest BCUT2D eigenvalue weighted by molar-refractivity contribution is 0.288. The van der Waals surface area contributed by atoms with Gasteiger partial charge in [-0.3, -0.25) is 0 Å².